The number of nitrogens with zero attached hydrogens (tertiary/aromatic N) is 1. The number of carbonyl (C=O) groups is 1. The second kappa shape index (κ2) is 6.43. The Kier molecular flexibility index (Phi) is 4.63. The number of carbonyl (C=O) groups excluding carboxylic acids is 1. The first kappa shape index (κ1) is 13.7. The lowest BCUT2D eigenvalue weighted by atomic mass is 10.2. The summed E-state index contributed by atoms with van der Waals surface area (Å²) in [6, 6.07) is 7.29. The van der Waals surface area contributed by atoms with Crippen molar-refractivity contribution in [2.45, 2.75) is 13.0 Å². The standard InChI is InChI=1S/C14H20N2O3/c1-11(14(17)16-8-6-15-7-9-16)19-13-5-3-4-12(10-13)18-2/h3-5,10-11,15H,6-9H2,1-2H3. The molecule has 0 bridgehead atoms. The van der Waals surface area contributed by atoms with Crippen molar-refractivity contribution in [3.05, 3.63) is 24.3 Å². The summed E-state index contributed by atoms with van der Waals surface area (Å²) in [7, 11) is 1.61. The second-order valence-electron chi connectivity index (χ2n) is 4.51. The Hall–Kier alpha value is -1.75. The van der Waals surface area contributed by atoms with Crippen molar-refractivity contribution in [2.75, 3.05) is 33.3 Å². The van der Waals surface area contributed by atoms with E-state index in [-0.39, 0.29) is 5.91 Å². The van der Waals surface area contributed by atoms with Crippen LogP contribution in [0.2, 0.25) is 0 Å². The summed E-state index contributed by atoms with van der Waals surface area (Å²) in [5.41, 5.74) is 0. The summed E-state index contributed by atoms with van der Waals surface area (Å²) in [6.45, 7) is 4.95. The van der Waals surface area contributed by atoms with E-state index in [2.05, 4.69) is 5.32 Å². The number of rotatable bonds is 4. The monoisotopic (exact) mass is 264 g/mol. The van der Waals surface area contributed by atoms with Crippen molar-refractivity contribution < 1.29 is 14.3 Å². The van der Waals surface area contributed by atoms with Crippen LogP contribution in [0.5, 0.6) is 11.5 Å². The number of nitrogens with one attached hydrogen (secondary N) is 1. The largest absolute Gasteiger partial charge is 0.497 e. The van der Waals surface area contributed by atoms with Gasteiger partial charge in [-0.2, -0.15) is 0 Å². The van der Waals surface area contributed by atoms with Crippen LogP contribution in [0.4, 0.5) is 0 Å². The minimum atomic E-state index is -0.481. The van der Waals surface area contributed by atoms with Gasteiger partial charge in [-0.25, -0.2) is 0 Å². The van der Waals surface area contributed by atoms with Crippen LogP contribution in [-0.2, 0) is 4.79 Å². The molecule has 0 saturated carbocycles. The average Bonchev–Trinajstić information content (AvgIpc) is 2.47. The zero-order valence-corrected chi connectivity index (χ0v) is 11.4. The molecule has 0 aromatic heterocycles. The van der Waals surface area contributed by atoms with Crippen LogP contribution in [-0.4, -0.2) is 50.2 Å². The first-order chi connectivity index (χ1) is 9.20. The summed E-state index contributed by atoms with van der Waals surface area (Å²) in [5, 5.41) is 3.22. The van der Waals surface area contributed by atoms with Gasteiger partial charge in [-0.05, 0) is 19.1 Å². The third-order valence-corrected chi connectivity index (χ3v) is 3.13. The van der Waals surface area contributed by atoms with E-state index in [1.54, 1.807) is 20.1 Å². The molecule has 1 aromatic carbocycles. The zero-order valence-electron chi connectivity index (χ0n) is 11.4. The summed E-state index contributed by atoms with van der Waals surface area (Å²) < 4.78 is 10.8. The number of amides is 1. The van der Waals surface area contributed by atoms with Gasteiger partial charge in [0.2, 0.25) is 0 Å². The number of ether oxygens (including phenoxy) is 2. The Morgan fingerprint density at radius 2 is 2.00 bits per heavy atom. The zero-order chi connectivity index (χ0) is 13.7. The van der Waals surface area contributed by atoms with Gasteiger partial charge in [0.15, 0.2) is 6.10 Å². The fraction of sp³-hybridized carbons (Fsp3) is 0.500. The van der Waals surface area contributed by atoms with Crippen LogP contribution < -0.4 is 14.8 Å². The van der Waals surface area contributed by atoms with Gasteiger partial charge >= 0.3 is 0 Å². The Morgan fingerprint density at radius 1 is 1.32 bits per heavy atom. The Labute approximate surface area is 113 Å². The second-order valence-corrected chi connectivity index (χ2v) is 4.51. The van der Waals surface area contributed by atoms with Crippen LogP contribution in [0.3, 0.4) is 0 Å². The fourth-order valence-corrected chi connectivity index (χ4v) is 2.07. The Bertz CT molecular complexity index is 430. The predicted molar refractivity (Wildman–Crippen MR) is 72.5 cm³/mol. The highest BCUT2D eigenvalue weighted by atomic mass is 16.5. The van der Waals surface area contributed by atoms with E-state index in [0.29, 0.717) is 5.75 Å². The summed E-state index contributed by atoms with van der Waals surface area (Å²) in [4.78, 5) is 14.0. The summed E-state index contributed by atoms with van der Waals surface area (Å²) in [5.74, 6) is 1.40. The van der Waals surface area contributed by atoms with Crippen molar-refractivity contribution in [3.8, 4) is 11.5 Å². The molecule has 0 aliphatic carbocycles. The summed E-state index contributed by atoms with van der Waals surface area (Å²) in [6.07, 6.45) is -0.481. The number of methoxy groups -OCH3 is 1. The molecule has 1 atom stereocenters. The maximum atomic E-state index is 12.2. The predicted octanol–water partition coefficient (Wildman–Crippen LogP) is 0.894. The van der Waals surface area contributed by atoms with E-state index in [9.17, 15) is 4.79 Å². The van der Waals surface area contributed by atoms with E-state index >= 15 is 0 Å². The van der Waals surface area contributed by atoms with E-state index in [1.807, 2.05) is 23.1 Å². The van der Waals surface area contributed by atoms with Crippen molar-refractivity contribution >= 4 is 5.91 Å². The van der Waals surface area contributed by atoms with Gasteiger partial charge in [-0.15, -0.1) is 0 Å². The lowest BCUT2D eigenvalue weighted by molar-refractivity contribution is -0.138. The SMILES string of the molecule is COc1cccc(OC(C)C(=O)N2CCNCC2)c1. The molecule has 2 rings (SSSR count). The molecular weight excluding hydrogens is 244 g/mol. The van der Waals surface area contributed by atoms with Crippen molar-refractivity contribution in [1.82, 2.24) is 10.2 Å². The van der Waals surface area contributed by atoms with Crippen LogP contribution in [0, 0.1) is 0 Å². The third-order valence-electron chi connectivity index (χ3n) is 3.13. The minimum absolute atomic E-state index is 0.0318. The molecule has 1 aliphatic rings. The highest BCUT2D eigenvalue weighted by Gasteiger charge is 2.23. The van der Waals surface area contributed by atoms with Crippen LogP contribution in [0.15, 0.2) is 24.3 Å². The molecule has 0 spiro atoms. The minimum Gasteiger partial charge on any atom is -0.497 e. The van der Waals surface area contributed by atoms with Gasteiger partial charge in [0.25, 0.3) is 5.91 Å². The summed E-state index contributed by atoms with van der Waals surface area (Å²) >= 11 is 0. The van der Waals surface area contributed by atoms with Gasteiger partial charge in [0.1, 0.15) is 11.5 Å². The number of piperazine rings is 1. The topological polar surface area (TPSA) is 50.8 Å². The van der Waals surface area contributed by atoms with Gasteiger partial charge in [-0.1, -0.05) is 6.07 Å². The van der Waals surface area contributed by atoms with Gasteiger partial charge in [0, 0.05) is 32.2 Å². The molecule has 19 heavy (non-hydrogen) atoms. The van der Waals surface area contributed by atoms with Gasteiger partial charge in [0.05, 0.1) is 7.11 Å². The first-order valence-electron chi connectivity index (χ1n) is 6.51. The maximum absolute atomic E-state index is 12.2. The molecule has 1 amide bonds. The third kappa shape index (κ3) is 3.61. The normalized spacial score (nSPS) is 16.8. The molecule has 1 N–H and O–H groups in total. The van der Waals surface area contributed by atoms with Crippen molar-refractivity contribution in [2.24, 2.45) is 0 Å². The highest BCUT2D eigenvalue weighted by molar-refractivity contribution is 5.81. The maximum Gasteiger partial charge on any atom is 0.263 e. The smallest absolute Gasteiger partial charge is 0.263 e. The lowest BCUT2D eigenvalue weighted by Crippen LogP contribution is -2.50. The molecule has 104 valence electrons. The lowest BCUT2D eigenvalue weighted by Gasteiger charge is -2.29. The quantitative estimate of drug-likeness (QED) is 0.877. The fourth-order valence-electron chi connectivity index (χ4n) is 2.07. The Morgan fingerprint density at radius 3 is 2.68 bits per heavy atom. The molecule has 1 fully saturated rings. The van der Waals surface area contributed by atoms with Gasteiger partial charge in [-0.3, -0.25) is 4.79 Å². The molecular formula is C14H20N2O3. The molecule has 1 aliphatic heterocycles. The van der Waals surface area contributed by atoms with Crippen LogP contribution in [0.25, 0.3) is 0 Å². The van der Waals surface area contributed by atoms with E-state index in [4.69, 9.17) is 9.47 Å². The molecule has 0 radical (unpaired) electrons. The first-order valence-corrected chi connectivity index (χ1v) is 6.51. The van der Waals surface area contributed by atoms with Crippen molar-refractivity contribution in [1.29, 1.82) is 0 Å². The van der Waals surface area contributed by atoms with E-state index < -0.39 is 6.10 Å². The Balaban J connectivity index is 1.95. The molecule has 1 saturated heterocycles. The number of hydrogen-bond donors (Lipinski definition) is 1. The van der Waals surface area contributed by atoms with Gasteiger partial charge < -0.3 is 19.7 Å². The average molecular weight is 264 g/mol. The number of benzene rings is 1. The molecule has 1 unspecified atom stereocenters. The number of hydrogen-bond acceptors (Lipinski definition) is 4. The van der Waals surface area contributed by atoms with Crippen LogP contribution >= 0.6 is 0 Å². The molecule has 1 aromatic rings. The van der Waals surface area contributed by atoms with E-state index in [0.717, 1.165) is 31.9 Å². The van der Waals surface area contributed by atoms with Crippen molar-refractivity contribution in [3.63, 3.8) is 0 Å². The highest BCUT2D eigenvalue weighted by Crippen LogP contribution is 2.20. The molecule has 1 heterocycles. The molecule has 5 nitrogen and oxygen atoms in total. The molecule has 5 heteroatoms. The van der Waals surface area contributed by atoms with E-state index in [1.165, 1.54) is 0 Å². The van der Waals surface area contributed by atoms with Crippen LogP contribution in [0.1, 0.15) is 6.92 Å².